The van der Waals surface area contributed by atoms with Gasteiger partial charge in [0.25, 0.3) is 5.91 Å². The van der Waals surface area contributed by atoms with Gasteiger partial charge >= 0.3 is 0 Å². The molecule has 0 spiro atoms. The third kappa shape index (κ3) is 7.70. The van der Waals surface area contributed by atoms with Gasteiger partial charge in [-0.2, -0.15) is 0 Å². The molecule has 0 fully saturated rings. The summed E-state index contributed by atoms with van der Waals surface area (Å²) in [5, 5.41) is 3.88. The molecule has 5 nitrogen and oxygen atoms in total. The van der Waals surface area contributed by atoms with Gasteiger partial charge in [0, 0.05) is 21.6 Å². The summed E-state index contributed by atoms with van der Waals surface area (Å²) < 4.78 is 6.48. The zero-order valence-corrected chi connectivity index (χ0v) is 21.1. The number of nitrogens with zero attached hydrogens (tertiary/aromatic N) is 1. The largest absolute Gasteiger partial charge is 0.482 e. The number of hydrogen-bond acceptors (Lipinski definition) is 3. The average molecular weight is 530 g/mol. The molecule has 0 saturated heterocycles. The van der Waals surface area contributed by atoms with Crippen molar-refractivity contribution < 1.29 is 14.3 Å². The number of hydrogen-bond donors (Lipinski definition) is 1. The summed E-state index contributed by atoms with van der Waals surface area (Å²) in [6.07, 6.45) is 0.442. The Bertz CT molecular complexity index is 931. The number of ether oxygens (including phenoxy) is 1. The molecule has 8 heteroatoms. The lowest BCUT2D eigenvalue weighted by Crippen LogP contribution is -2.54. The molecule has 0 aromatic heterocycles. The zero-order chi connectivity index (χ0) is 23.2. The smallest absolute Gasteiger partial charge is 0.261 e. The fourth-order valence-electron chi connectivity index (χ4n) is 3.00. The van der Waals surface area contributed by atoms with E-state index >= 15 is 0 Å². The van der Waals surface area contributed by atoms with E-state index in [2.05, 4.69) is 21.2 Å². The molecule has 168 valence electrons. The summed E-state index contributed by atoms with van der Waals surface area (Å²) in [5.41, 5.74) is 0.326. The maximum atomic E-state index is 13.2. The first-order valence-electron chi connectivity index (χ1n) is 9.94. The zero-order valence-electron chi connectivity index (χ0n) is 18.0. The number of nitrogens with one attached hydrogen (secondary N) is 1. The summed E-state index contributed by atoms with van der Waals surface area (Å²) in [4.78, 5) is 27.7. The van der Waals surface area contributed by atoms with Crippen molar-refractivity contribution in [1.29, 1.82) is 0 Å². The van der Waals surface area contributed by atoms with Crippen molar-refractivity contribution in [3.8, 4) is 5.75 Å². The molecule has 31 heavy (non-hydrogen) atoms. The molecule has 1 atom stereocenters. The van der Waals surface area contributed by atoms with Crippen LogP contribution in [0.5, 0.6) is 5.75 Å². The molecule has 0 saturated carbocycles. The Balaban J connectivity index is 2.27. The van der Waals surface area contributed by atoms with Crippen molar-refractivity contribution in [2.24, 2.45) is 0 Å². The van der Waals surface area contributed by atoms with E-state index in [0.29, 0.717) is 22.2 Å². The second-order valence-electron chi connectivity index (χ2n) is 8.14. The lowest BCUT2D eigenvalue weighted by Gasteiger charge is -2.33. The van der Waals surface area contributed by atoms with Gasteiger partial charge < -0.3 is 15.0 Å². The van der Waals surface area contributed by atoms with Gasteiger partial charge in [0.05, 0.1) is 5.02 Å². The second-order valence-corrected chi connectivity index (χ2v) is 9.87. The minimum absolute atomic E-state index is 0.187. The molecule has 0 aliphatic heterocycles. The van der Waals surface area contributed by atoms with Gasteiger partial charge in [-0.15, -0.1) is 0 Å². The van der Waals surface area contributed by atoms with Gasteiger partial charge in [-0.05, 0) is 57.0 Å². The quantitative estimate of drug-likeness (QED) is 0.466. The highest BCUT2D eigenvalue weighted by Gasteiger charge is 2.31. The number of benzene rings is 2. The summed E-state index contributed by atoms with van der Waals surface area (Å²) in [6, 6.07) is 11.7. The molecule has 2 aromatic rings. The van der Waals surface area contributed by atoms with Crippen molar-refractivity contribution in [3.63, 3.8) is 0 Å². The van der Waals surface area contributed by atoms with Crippen LogP contribution in [0.3, 0.4) is 0 Å². The summed E-state index contributed by atoms with van der Waals surface area (Å²) in [5.74, 6) is -0.171. The molecular formula is C23H27BrCl2N2O3. The summed E-state index contributed by atoms with van der Waals surface area (Å²) >= 11 is 15.9. The number of carbonyl (C=O) groups is 2. The van der Waals surface area contributed by atoms with Crippen LogP contribution >= 0.6 is 39.1 Å². The van der Waals surface area contributed by atoms with E-state index in [1.165, 1.54) is 4.90 Å². The fourth-order valence-corrected chi connectivity index (χ4v) is 3.92. The first kappa shape index (κ1) is 25.5. The minimum atomic E-state index is -0.674. The van der Waals surface area contributed by atoms with Gasteiger partial charge in [-0.1, -0.05) is 64.3 Å². The topological polar surface area (TPSA) is 58.6 Å². The summed E-state index contributed by atoms with van der Waals surface area (Å²) in [6.45, 7) is 7.49. The van der Waals surface area contributed by atoms with Crippen molar-refractivity contribution in [1.82, 2.24) is 10.2 Å². The molecule has 1 N–H and O–H groups in total. The van der Waals surface area contributed by atoms with Crippen molar-refractivity contribution in [2.45, 2.75) is 52.2 Å². The molecule has 2 rings (SSSR count). The van der Waals surface area contributed by atoms with Crippen molar-refractivity contribution in [2.75, 3.05) is 6.61 Å². The van der Waals surface area contributed by atoms with Crippen molar-refractivity contribution in [3.05, 3.63) is 62.5 Å². The van der Waals surface area contributed by atoms with Gasteiger partial charge in [-0.3, -0.25) is 9.59 Å². The molecule has 2 amide bonds. The highest BCUT2D eigenvalue weighted by molar-refractivity contribution is 9.10. The average Bonchev–Trinajstić information content (AvgIpc) is 2.67. The van der Waals surface area contributed by atoms with E-state index in [1.54, 1.807) is 24.3 Å². The van der Waals surface area contributed by atoms with Gasteiger partial charge in [0.15, 0.2) is 6.61 Å². The van der Waals surface area contributed by atoms with Crippen LogP contribution in [-0.2, 0) is 16.1 Å². The standard InChI is InChI=1S/C23H27BrCl2N2O3/c1-5-19(22(30)27-23(2,3)4)28(13-15-8-6-7-9-17(15)25)21(29)14-31-20-11-10-16(24)12-18(20)26/h6-12,19H,5,13-14H2,1-4H3,(H,27,30)/t19-/m1/s1. The molecule has 0 unspecified atom stereocenters. The predicted molar refractivity (Wildman–Crippen MR) is 129 cm³/mol. The Morgan fingerprint density at radius 3 is 2.39 bits per heavy atom. The lowest BCUT2D eigenvalue weighted by molar-refractivity contribution is -0.143. The monoisotopic (exact) mass is 528 g/mol. The van der Waals surface area contributed by atoms with Crippen LogP contribution in [0.15, 0.2) is 46.9 Å². The van der Waals surface area contributed by atoms with E-state index in [-0.39, 0.29) is 25.0 Å². The Kier molecular flexibility index (Phi) is 9.22. The van der Waals surface area contributed by atoms with Crippen LogP contribution < -0.4 is 10.1 Å². The second kappa shape index (κ2) is 11.2. The molecule has 0 aliphatic carbocycles. The molecular weight excluding hydrogens is 503 g/mol. The predicted octanol–water partition coefficient (Wildman–Crippen LogP) is 5.86. The van der Waals surface area contributed by atoms with Crippen LogP contribution in [0.25, 0.3) is 0 Å². The molecule has 2 aromatic carbocycles. The maximum Gasteiger partial charge on any atom is 0.261 e. The number of rotatable bonds is 8. The first-order valence-corrected chi connectivity index (χ1v) is 11.5. The highest BCUT2D eigenvalue weighted by atomic mass is 79.9. The van der Waals surface area contributed by atoms with Crippen LogP contribution in [0.2, 0.25) is 10.0 Å². The minimum Gasteiger partial charge on any atom is -0.482 e. The Hall–Kier alpha value is -1.76. The van der Waals surface area contributed by atoms with Crippen LogP contribution in [0.1, 0.15) is 39.7 Å². The third-order valence-corrected chi connectivity index (χ3v) is 5.59. The van der Waals surface area contributed by atoms with Gasteiger partial charge in [0.2, 0.25) is 5.91 Å². The first-order chi connectivity index (χ1) is 14.5. The Labute approximate surface area is 202 Å². The molecule has 0 heterocycles. The summed E-state index contributed by atoms with van der Waals surface area (Å²) in [7, 11) is 0. The van der Waals surface area contributed by atoms with Gasteiger partial charge in [-0.25, -0.2) is 0 Å². The van der Waals surface area contributed by atoms with Crippen LogP contribution in [-0.4, -0.2) is 34.9 Å². The highest BCUT2D eigenvalue weighted by Crippen LogP contribution is 2.28. The van der Waals surface area contributed by atoms with E-state index in [4.69, 9.17) is 27.9 Å². The van der Waals surface area contributed by atoms with Crippen LogP contribution in [0.4, 0.5) is 0 Å². The van der Waals surface area contributed by atoms with E-state index in [1.807, 2.05) is 45.9 Å². The van der Waals surface area contributed by atoms with Crippen molar-refractivity contribution >= 4 is 50.9 Å². The van der Waals surface area contributed by atoms with Gasteiger partial charge in [0.1, 0.15) is 11.8 Å². The SMILES string of the molecule is CC[C@H](C(=O)NC(C)(C)C)N(Cc1ccccc1Cl)C(=O)COc1ccc(Br)cc1Cl. The Morgan fingerprint density at radius 2 is 1.81 bits per heavy atom. The fraction of sp³-hybridized carbons (Fsp3) is 0.391. The molecule has 0 aliphatic rings. The Morgan fingerprint density at radius 1 is 1.13 bits per heavy atom. The van der Waals surface area contributed by atoms with E-state index < -0.39 is 11.6 Å². The number of amides is 2. The molecule has 0 bridgehead atoms. The number of halogens is 3. The lowest BCUT2D eigenvalue weighted by atomic mass is 10.1. The van der Waals surface area contributed by atoms with Crippen LogP contribution in [0, 0.1) is 0 Å². The normalized spacial score (nSPS) is 12.2. The van der Waals surface area contributed by atoms with E-state index in [9.17, 15) is 9.59 Å². The molecule has 0 radical (unpaired) electrons. The maximum absolute atomic E-state index is 13.2. The number of carbonyl (C=O) groups excluding carboxylic acids is 2. The third-order valence-electron chi connectivity index (χ3n) is 4.43. The van der Waals surface area contributed by atoms with E-state index in [0.717, 1.165) is 10.0 Å².